The van der Waals surface area contributed by atoms with Gasteiger partial charge in [0.05, 0.1) is 23.5 Å². The molecule has 0 bridgehead atoms. The molecule has 0 aliphatic rings. The molecule has 2 aromatic carbocycles. The highest BCUT2D eigenvalue weighted by Crippen LogP contribution is 2.29. The monoisotopic (exact) mass is 380 g/mol. The summed E-state index contributed by atoms with van der Waals surface area (Å²) < 4.78 is 5.15. The van der Waals surface area contributed by atoms with Crippen LogP contribution in [0.5, 0.6) is 5.75 Å². The van der Waals surface area contributed by atoms with Gasteiger partial charge in [-0.2, -0.15) is 0 Å². The summed E-state index contributed by atoms with van der Waals surface area (Å²) in [6, 6.07) is 8.48. The first-order chi connectivity index (χ1) is 11.8. The van der Waals surface area contributed by atoms with E-state index < -0.39 is 11.8 Å². The van der Waals surface area contributed by atoms with E-state index in [-0.39, 0.29) is 6.42 Å². The van der Waals surface area contributed by atoms with Crippen molar-refractivity contribution >= 4 is 46.4 Å². The van der Waals surface area contributed by atoms with Crippen LogP contribution in [-0.4, -0.2) is 18.9 Å². The van der Waals surface area contributed by atoms with Crippen LogP contribution in [0.2, 0.25) is 10.0 Å². The Labute approximate surface area is 156 Å². The van der Waals surface area contributed by atoms with Crippen molar-refractivity contribution in [1.82, 2.24) is 0 Å². The summed E-state index contributed by atoms with van der Waals surface area (Å²) in [6.07, 6.45) is -0.362. The highest BCUT2D eigenvalue weighted by atomic mass is 35.5. The van der Waals surface area contributed by atoms with E-state index in [1.807, 2.05) is 19.9 Å². The molecule has 0 aliphatic carbocycles. The fourth-order valence-corrected chi connectivity index (χ4v) is 2.92. The SMILES string of the molecule is COc1ccc(Cl)cc1NC(=O)CC(=O)Nc1c(C)cc(C)cc1Cl. The summed E-state index contributed by atoms with van der Waals surface area (Å²) >= 11 is 12.1. The summed E-state index contributed by atoms with van der Waals surface area (Å²) in [5, 5.41) is 6.17. The number of aryl methyl sites for hydroxylation is 2. The standard InChI is InChI=1S/C18H18Cl2N2O3/c1-10-6-11(2)18(13(20)7-10)22-17(24)9-16(23)21-14-8-12(19)4-5-15(14)25-3/h4-8H,9H2,1-3H3,(H,21,23)(H,22,24). The number of nitrogens with one attached hydrogen (secondary N) is 2. The molecule has 25 heavy (non-hydrogen) atoms. The van der Waals surface area contributed by atoms with Crippen molar-refractivity contribution in [2.75, 3.05) is 17.7 Å². The lowest BCUT2D eigenvalue weighted by Crippen LogP contribution is -2.22. The molecule has 0 radical (unpaired) electrons. The van der Waals surface area contributed by atoms with Crippen LogP contribution in [0, 0.1) is 13.8 Å². The fourth-order valence-electron chi connectivity index (χ4n) is 2.38. The molecule has 0 heterocycles. The van der Waals surface area contributed by atoms with Crippen molar-refractivity contribution in [2.24, 2.45) is 0 Å². The number of carbonyl (C=O) groups is 2. The fraction of sp³-hybridized carbons (Fsp3) is 0.222. The Morgan fingerprint density at radius 3 is 2.36 bits per heavy atom. The Morgan fingerprint density at radius 2 is 1.72 bits per heavy atom. The van der Waals surface area contributed by atoms with E-state index in [0.29, 0.717) is 27.2 Å². The third-order valence-corrected chi connectivity index (χ3v) is 3.99. The van der Waals surface area contributed by atoms with Crippen LogP contribution < -0.4 is 15.4 Å². The van der Waals surface area contributed by atoms with E-state index >= 15 is 0 Å². The van der Waals surface area contributed by atoms with Gasteiger partial charge in [-0.3, -0.25) is 9.59 Å². The molecule has 2 amide bonds. The number of ether oxygens (including phenoxy) is 1. The molecule has 0 fully saturated rings. The van der Waals surface area contributed by atoms with Crippen molar-refractivity contribution in [3.05, 3.63) is 51.5 Å². The maximum absolute atomic E-state index is 12.1. The first kappa shape index (κ1) is 19.1. The van der Waals surface area contributed by atoms with Gasteiger partial charge in [0, 0.05) is 5.02 Å². The van der Waals surface area contributed by atoms with E-state index in [0.717, 1.165) is 11.1 Å². The summed E-state index contributed by atoms with van der Waals surface area (Å²) in [4.78, 5) is 24.2. The molecule has 0 atom stereocenters. The number of methoxy groups -OCH3 is 1. The Morgan fingerprint density at radius 1 is 1.04 bits per heavy atom. The summed E-state index contributed by atoms with van der Waals surface area (Å²) in [5.74, 6) is -0.498. The summed E-state index contributed by atoms with van der Waals surface area (Å²) in [5.41, 5.74) is 2.73. The molecule has 0 saturated heterocycles. The number of benzene rings is 2. The van der Waals surface area contributed by atoms with Gasteiger partial charge in [0.2, 0.25) is 11.8 Å². The topological polar surface area (TPSA) is 67.4 Å². The van der Waals surface area contributed by atoms with Crippen LogP contribution in [-0.2, 0) is 9.59 Å². The minimum Gasteiger partial charge on any atom is -0.495 e. The Balaban J connectivity index is 2.04. The van der Waals surface area contributed by atoms with Gasteiger partial charge < -0.3 is 15.4 Å². The van der Waals surface area contributed by atoms with Gasteiger partial charge in [0.1, 0.15) is 12.2 Å². The molecule has 5 nitrogen and oxygen atoms in total. The zero-order valence-electron chi connectivity index (χ0n) is 14.1. The van der Waals surface area contributed by atoms with E-state index in [1.165, 1.54) is 7.11 Å². The summed E-state index contributed by atoms with van der Waals surface area (Å²) in [7, 11) is 1.48. The van der Waals surface area contributed by atoms with Crippen LogP contribution in [0.3, 0.4) is 0 Å². The highest BCUT2D eigenvalue weighted by molar-refractivity contribution is 6.34. The van der Waals surface area contributed by atoms with Crippen LogP contribution >= 0.6 is 23.2 Å². The number of halogens is 2. The van der Waals surface area contributed by atoms with Crippen molar-refractivity contribution in [3.8, 4) is 5.75 Å². The van der Waals surface area contributed by atoms with E-state index in [1.54, 1.807) is 24.3 Å². The first-order valence-electron chi connectivity index (χ1n) is 7.50. The molecule has 132 valence electrons. The maximum Gasteiger partial charge on any atom is 0.233 e. The quantitative estimate of drug-likeness (QED) is 0.745. The molecular formula is C18H18Cl2N2O3. The lowest BCUT2D eigenvalue weighted by molar-refractivity contribution is -0.123. The number of hydrogen-bond acceptors (Lipinski definition) is 3. The lowest BCUT2D eigenvalue weighted by Gasteiger charge is -2.13. The molecule has 0 saturated carbocycles. The summed E-state index contributed by atoms with van der Waals surface area (Å²) in [6.45, 7) is 3.75. The lowest BCUT2D eigenvalue weighted by atomic mass is 10.1. The van der Waals surface area contributed by atoms with Gasteiger partial charge in [0.25, 0.3) is 0 Å². The molecule has 2 aromatic rings. The number of anilines is 2. The van der Waals surface area contributed by atoms with E-state index in [4.69, 9.17) is 27.9 Å². The molecule has 0 unspecified atom stereocenters. The molecule has 7 heteroatoms. The average molecular weight is 381 g/mol. The Bertz CT molecular complexity index is 799. The second-order valence-electron chi connectivity index (χ2n) is 5.56. The smallest absolute Gasteiger partial charge is 0.233 e. The first-order valence-corrected chi connectivity index (χ1v) is 8.25. The van der Waals surface area contributed by atoms with Crippen molar-refractivity contribution in [1.29, 1.82) is 0 Å². The van der Waals surface area contributed by atoms with Gasteiger partial charge >= 0.3 is 0 Å². The number of rotatable bonds is 5. The van der Waals surface area contributed by atoms with Crippen molar-refractivity contribution in [2.45, 2.75) is 20.3 Å². The van der Waals surface area contributed by atoms with E-state index in [2.05, 4.69) is 10.6 Å². The van der Waals surface area contributed by atoms with Crippen LogP contribution in [0.25, 0.3) is 0 Å². The highest BCUT2D eigenvalue weighted by Gasteiger charge is 2.15. The molecule has 0 aromatic heterocycles. The molecule has 2 N–H and O–H groups in total. The maximum atomic E-state index is 12.1. The predicted molar refractivity (Wildman–Crippen MR) is 101 cm³/mol. The zero-order valence-corrected chi connectivity index (χ0v) is 15.6. The van der Waals surface area contributed by atoms with Crippen LogP contribution in [0.15, 0.2) is 30.3 Å². The predicted octanol–water partition coefficient (Wildman–Crippen LogP) is 4.59. The third kappa shape index (κ3) is 5.11. The molecule has 0 spiro atoms. The minimum atomic E-state index is -0.487. The second-order valence-corrected chi connectivity index (χ2v) is 6.40. The van der Waals surface area contributed by atoms with Gasteiger partial charge in [0.15, 0.2) is 0 Å². The Kier molecular flexibility index (Phi) is 6.28. The van der Waals surface area contributed by atoms with Crippen LogP contribution in [0.1, 0.15) is 17.5 Å². The van der Waals surface area contributed by atoms with Crippen molar-refractivity contribution < 1.29 is 14.3 Å². The normalized spacial score (nSPS) is 10.3. The third-order valence-electron chi connectivity index (χ3n) is 3.45. The van der Waals surface area contributed by atoms with Gasteiger partial charge in [-0.05, 0) is 49.2 Å². The number of amides is 2. The number of carbonyl (C=O) groups excluding carboxylic acids is 2. The molecular weight excluding hydrogens is 363 g/mol. The molecule has 0 aliphatic heterocycles. The van der Waals surface area contributed by atoms with E-state index in [9.17, 15) is 9.59 Å². The van der Waals surface area contributed by atoms with Crippen molar-refractivity contribution in [3.63, 3.8) is 0 Å². The largest absolute Gasteiger partial charge is 0.495 e. The Hall–Kier alpha value is -2.24. The van der Waals surface area contributed by atoms with Gasteiger partial charge in [-0.25, -0.2) is 0 Å². The zero-order chi connectivity index (χ0) is 18.6. The average Bonchev–Trinajstić information content (AvgIpc) is 2.51. The van der Waals surface area contributed by atoms with Gasteiger partial charge in [-0.1, -0.05) is 29.3 Å². The van der Waals surface area contributed by atoms with Gasteiger partial charge in [-0.15, -0.1) is 0 Å². The minimum absolute atomic E-state index is 0.362. The molecule has 2 rings (SSSR count). The second kappa shape index (κ2) is 8.23. The number of hydrogen-bond donors (Lipinski definition) is 2. The van der Waals surface area contributed by atoms with Crippen LogP contribution in [0.4, 0.5) is 11.4 Å².